The second-order valence-corrected chi connectivity index (χ2v) is 5.83. The van der Waals surface area contributed by atoms with Crippen molar-refractivity contribution in [2.45, 2.75) is 6.10 Å². The van der Waals surface area contributed by atoms with Crippen molar-refractivity contribution >= 4 is 5.97 Å². The molecule has 3 aromatic carbocycles. The van der Waals surface area contributed by atoms with E-state index in [1.165, 1.54) is 0 Å². The Morgan fingerprint density at radius 2 is 1.41 bits per heavy atom. The molecule has 0 spiro atoms. The van der Waals surface area contributed by atoms with Crippen molar-refractivity contribution in [1.29, 1.82) is 0 Å². The fraction of sp³-hybridized carbons (Fsp3) is 0.0870. The highest BCUT2D eigenvalue weighted by Crippen LogP contribution is 2.23. The maximum atomic E-state index is 12.3. The molecule has 0 aromatic heterocycles. The van der Waals surface area contributed by atoms with Gasteiger partial charge in [-0.3, -0.25) is 0 Å². The van der Waals surface area contributed by atoms with Crippen LogP contribution in [0.1, 0.15) is 22.0 Å². The first kappa shape index (κ1) is 18.2. The van der Waals surface area contributed by atoms with Gasteiger partial charge < -0.3 is 14.6 Å². The molecule has 0 saturated carbocycles. The summed E-state index contributed by atoms with van der Waals surface area (Å²) in [5.74, 6) is 2.95. The van der Waals surface area contributed by atoms with Gasteiger partial charge in [0.05, 0.1) is 12.7 Å². The van der Waals surface area contributed by atoms with E-state index in [-0.39, 0.29) is 0 Å². The summed E-state index contributed by atoms with van der Waals surface area (Å²) < 4.78 is 10.5. The maximum absolute atomic E-state index is 12.3. The molecular formula is C23H18O4. The Kier molecular flexibility index (Phi) is 5.55. The number of hydrogen-bond donors (Lipinski definition) is 1. The fourth-order valence-electron chi connectivity index (χ4n) is 2.56. The van der Waals surface area contributed by atoms with Crippen molar-refractivity contribution in [3.63, 3.8) is 0 Å². The molecule has 4 heteroatoms. The van der Waals surface area contributed by atoms with Crippen molar-refractivity contribution < 1.29 is 19.4 Å². The van der Waals surface area contributed by atoms with Crippen molar-refractivity contribution in [1.82, 2.24) is 0 Å². The maximum Gasteiger partial charge on any atom is 0.343 e. The number of carbonyl (C=O) groups excluding carboxylic acids is 1. The summed E-state index contributed by atoms with van der Waals surface area (Å²) in [6, 6.07) is 21.3. The Bertz CT molecular complexity index is 949. The Labute approximate surface area is 158 Å². The largest absolute Gasteiger partial charge is 0.497 e. The van der Waals surface area contributed by atoms with E-state index in [9.17, 15) is 9.90 Å². The molecule has 134 valence electrons. The molecule has 3 aromatic rings. The Morgan fingerprint density at radius 3 is 1.93 bits per heavy atom. The minimum Gasteiger partial charge on any atom is -0.497 e. The molecule has 0 bridgehead atoms. The van der Waals surface area contributed by atoms with Crippen LogP contribution in [0.2, 0.25) is 0 Å². The van der Waals surface area contributed by atoms with Crippen LogP contribution in [0, 0.1) is 12.3 Å². The minimum atomic E-state index is -0.972. The summed E-state index contributed by atoms with van der Waals surface area (Å²) in [6.07, 6.45) is 4.20. The molecule has 0 heterocycles. The van der Waals surface area contributed by atoms with E-state index in [4.69, 9.17) is 15.9 Å². The lowest BCUT2D eigenvalue weighted by atomic mass is 10.0. The quantitative estimate of drug-likeness (QED) is 0.421. The number of aliphatic hydroxyl groups is 1. The standard InChI is InChI=1S/C23H18O4/c1-3-22(24)18-10-14-21(15-11-18)27-23(25)19-6-4-16(5-7-19)17-8-12-20(26-2)13-9-17/h1,4-15,22,24H,2H3. The molecule has 0 fully saturated rings. The van der Waals surface area contributed by atoms with E-state index in [0.29, 0.717) is 16.9 Å². The molecular weight excluding hydrogens is 340 g/mol. The molecule has 0 amide bonds. The summed E-state index contributed by atoms with van der Waals surface area (Å²) in [5.41, 5.74) is 3.03. The number of benzene rings is 3. The molecule has 0 saturated heterocycles. The second kappa shape index (κ2) is 8.22. The zero-order valence-corrected chi connectivity index (χ0v) is 14.8. The van der Waals surface area contributed by atoms with E-state index in [1.54, 1.807) is 43.5 Å². The normalized spacial score (nSPS) is 11.3. The van der Waals surface area contributed by atoms with E-state index >= 15 is 0 Å². The molecule has 0 radical (unpaired) electrons. The highest BCUT2D eigenvalue weighted by atomic mass is 16.5. The average Bonchev–Trinajstić information content (AvgIpc) is 2.74. The zero-order valence-electron chi connectivity index (χ0n) is 14.8. The molecule has 0 aliphatic heterocycles. The van der Waals surface area contributed by atoms with Gasteiger partial charge in [0.25, 0.3) is 0 Å². The van der Waals surface area contributed by atoms with Gasteiger partial charge >= 0.3 is 5.97 Å². The first-order valence-electron chi connectivity index (χ1n) is 8.31. The summed E-state index contributed by atoms with van der Waals surface area (Å²) in [4.78, 5) is 12.3. The van der Waals surface area contributed by atoms with Gasteiger partial charge in [-0.05, 0) is 53.1 Å². The van der Waals surface area contributed by atoms with E-state index in [0.717, 1.165) is 16.9 Å². The number of methoxy groups -OCH3 is 1. The van der Waals surface area contributed by atoms with Crippen LogP contribution in [-0.4, -0.2) is 18.2 Å². The van der Waals surface area contributed by atoms with E-state index in [2.05, 4.69) is 5.92 Å². The number of esters is 1. The first-order valence-corrected chi connectivity index (χ1v) is 8.31. The van der Waals surface area contributed by atoms with Crippen LogP contribution in [0.25, 0.3) is 11.1 Å². The fourth-order valence-corrected chi connectivity index (χ4v) is 2.56. The zero-order chi connectivity index (χ0) is 19.2. The van der Waals surface area contributed by atoms with E-state index in [1.807, 2.05) is 36.4 Å². The van der Waals surface area contributed by atoms with Gasteiger partial charge in [0.2, 0.25) is 0 Å². The third-order valence-corrected chi connectivity index (χ3v) is 4.11. The number of rotatable bonds is 5. The molecule has 27 heavy (non-hydrogen) atoms. The van der Waals surface area contributed by atoms with Crippen LogP contribution in [0.3, 0.4) is 0 Å². The van der Waals surface area contributed by atoms with Crippen LogP contribution in [0.4, 0.5) is 0 Å². The lowest BCUT2D eigenvalue weighted by Crippen LogP contribution is -2.08. The van der Waals surface area contributed by atoms with Crippen molar-refractivity contribution in [2.75, 3.05) is 7.11 Å². The van der Waals surface area contributed by atoms with Crippen molar-refractivity contribution in [2.24, 2.45) is 0 Å². The van der Waals surface area contributed by atoms with Gasteiger partial charge in [-0.2, -0.15) is 0 Å². The predicted octanol–water partition coefficient (Wildman–Crippen LogP) is 4.25. The van der Waals surface area contributed by atoms with Gasteiger partial charge in [-0.15, -0.1) is 6.42 Å². The molecule has 1 N–H and O–H groups in total. The predicted molar refractivity (Wildman–Crippen MR) is 104 cm³/mol. The Morgan fingerprint density at radius 1 is 0.889 bits per heavy atom. The molecule has 1 unspecified atom stereocenters. The summed E-state index contributed by atoms with van der Waals surface area (Å²) in [5, 5.41) is 9.58. The van der Waals surface area contributed by atoms with Crippen molar-refractivity contribution in [3.05, 3.63) is 83.9 Å². The lowest BCUT2D eigenvalue weighted by molar-refractivity contribution is 0.0734. The number of hydrogen-bond acceptors (Lipinski definition) is 4. The van der Waals surface area contributed by atoms with Crippen LogP contribution >= 0.6 is 0 Å². The monoisotopic (exact) mass is 358 g/mol. The topological polar surface area (TPSA) is 55.8 Å². The third kappa shape index (κ3) is 4.35. The number of ether oxygens (including phenoxy) is 2. The van der Waals surface area contributed by atoms with Gasteiger partial charge in [0.1, 0.15) is 17.6 Å². The SMILES string of the molecule is C#CC(O)c1ccc(OC(=O)c2ccc(-c3ccc(OC)cc3)cc2)cc1. The minimum absolute atomic E-state index is 0.382. The highest BCUT2D eigenvalue weighted by Gasteiger charge is 2.10. The van der Waals surface area contributed by atoms with Crippen LogP contribution in [0.5, 0.6) is 11.5 Å². The van der Waals surface area contributed by atoms with Crippen LogP contribution in [-0.2, 0) is 0 Å². The smallest absolute Gasteiger partial charge is 0.343 e. The van der Waals surface area contributed by atoms with Crippen LogP contribution < -0.4 is 9.47 Å². The van der Waals surface area contributed by atoms with Crippen LogP contribution in [0.15, 0.2) is 72.8 Å². The highest BCUT2D eigenvalue weighted by molar-refractivity contribution is 5.91. The molecule has 4 nitrogen and oxygen atoms in total. The van der Waals surface area contributed by atoms with E-state index < -0.39 is 12.1 Å². The molecule has 3 rings (SSSR count). The molecule has 1 atom stereocenters. The molecule has 0 aliphatic rings. The number of aliphatic hydroxyl groups excluding tert-OH is 1. The van der Waals surface area contributed by atoms with Gasteiger partial charge in [0, 0.05) is 0 Å². The summed E-state index contributed by atoms with van der Waals surface area (Å²) in [7, 11) is 1.63. The van der Waals surface area contributed by atoms with Gasteiger partial charge in [-0.1, -0.05) is 42.3 Å². The van der Waals surface area contributed by atoms with Gasteiger partial charge in [-0.25, -0.2) is 4.79 Å². The first-order chi connectivity index (χ1) is 13.1. The Hall–Kier alpha value is -3.55. The van der Waals surface area contributed by atoms with Crippen molar-refractivity contribution in [3.8, 4) is 35.0 Å². The third-order valence-electron chi connectivity index (χ3n) is 4.11. The number of carbonyl (C=O) groups is 1. The van der Waals surface area contributed by atoms with Gasteiger partial charge in [0.15, 0.2) is 0 Å². The lowest BCUT2D eigenvalue weighted by Gasteiger charge is -2.08. The Balaban J connectivity index is 1.69. The second-order valence-electron chi connectivity index (χ2n) is 5.83. The summed E-state index contributed by atoms with van der Waals surface area (Å²) >= 11 is 0. The molecule has 0 aliphatic carbocycles. The number of terminal acetylenes is 1. The average molecular weight is 358 g/mol. The summed E-state index contributed by atoms with van der Waals surface area (Å²) in [6.45, 7) is 0.